The van der Waals surface area contributed by atoms with E-state index in [9.17, 15) is 9.59 Å². The minimum absolute atomic E-state index is 0.0289. The molecule has 0 saturated carbocycles. The fourth-order valence-electron chi connectivity index (χ4n) is 3.50. The Labute approximate surface area is 160 Å². The molecular formula is C20H30N2O3S. The number of amides is 1. The van der Waals surface area contributed by atoms with Crippen molar-refractivity contribution in [1.82, 2.24) is 10.6 Å². The van der Waals surface area contributed by atoms with Gasteiger partial charge in [-0.1, -0.05) is 24.3 Å². The fourth-order valence-corrected chi connectivity index (χ4v) is 3.97. The molecule has 1 aromatic rings. The third-order valence-electron chi connectivity index (χ3n) is 5.23. The lowest BCUT2D eigenvalue weighted by molar-refractivity contribution is -0.147. The van der Waals surface area contributed by atoms with Crippen molar-refractivity contribution in [2.24, 2.45) is 5.41 Å². The van der Waals surface area contributed by atoms with Crippen molar-refractivity contribution >= 4 is 23.6 Å². The van der Waals surface area contributed by atoms with Crippen molar-refractivity contribution in [2.75, 3.05) is 32.2 Å². The summed E-state index contributed by atoms with van der Waals surface area (Å²) in [6.07, 6.45) is 4.80. The number of piperidine rings is 1. The Morgan fingerprint density at radius 2 is 2.00 bits per heavy atom. The first-order valence-electron chi connectivity index (χ1n) is 9.15. The summed E-state index contributed by atoms with van der Waals surface area (Å²) in [5.74, 6) is 0.401. The van der Waals surface area contributed by atoms with Gasteiger partial charge in [0, 0.05) is 0 Å². The van der Waals surface area contributed by atoms with Crippen LogP contribution >= 0.6 is 11.8 Å². The van der Waals surface area contributed by atoms with E-state index in [0.29, 0.717) is 12.8 Å². The molecule has 2 rings (SSSR count). The molecule has 0 radical (unpaired) electrons. The standard InChI is InChI=1S/C20H30N2O3S/c1-15-6-4-5-7-16(15)14-20(9-11-21-12-10-20)19(24)22-17(8-13-26-3)18(23)25-2/h4-7,17,21H,8-14H2,1-3H3,(H,22,24)/t17-/m0/s1. The minimum Gasteiger partial charge on any atom is -0.467 e. The highest BCUT2D eigenvalue weighted by molar-refractivity contribution is 7.98. The van der Waals surface area contributed by atoms with Crippen LogP contribution in [0.15, 0.2) is 24.3 Å². The van der Waals surface area contributed by atoms with E-state index < -0.39 is 11.5 Å². The Morgan fingerprint density at radius 3 is 2.62 bits per heavy atom. The summed E-state index contributed by atoms with van der Waals surface area (Å²) in [5, 5.41) is 6.34. The first-order valence-corrected chi connectivity index (χ1v) is 10.5. The van der Waals surface area contributed by atoms with E-state index >= 15 is 0 Å². The molecule has 0 unspecified atom stereocenters. The Bertz CT molecular complexity index is 615. The molecule has 1 atom stereocenters. The van der Waals surface area contributed by atoms with Crippen LogP contribution in [-0.2, 0) is 20.7 Å². The molecule has 5 nitrogen and oxygen atoms in total. The van der Waals surface area contributed by atoms with Crippen LogP contribution in [0.25, 0.3) is 0 Å². The van der Waals surface area contributed by atoms with Crippen LogP contribution in [0.3, 0.4) is 0 Å². The molecule has 1 saturated heterocycles. The van der Waals surface area contributed by atoms with E-state index in [0.717, 1.165) is 31.7 Å². The van der Waals surface area contributed by atoms with Gasteiger partial charge in [-0.25, -0.2) is 4.79 Å². The molecule has 0 bridgehead atoms. The van der Waals surface area contributed by atoms with Gasteiger partial charge in [0.15, 0.2) is 0 Å². The lowest BCUT2D eigenvalue weighted by Crippen LogP contribution is -2.53. The summed E-state index contributed by atoms with van der Waals surface area (Å²) in [6, 6.07) is 7.63. The molecule has 0 aliphatic carbocycles. The number of nitrogens with one attached hydrogen (secondary N) is 2. The number of ether oxygens (including phenoxy) is 1. The van der Waals surface area contributed by atoms with Crippen LogP contribution in [0.5, 0.6) is 0 Å². The Hall–Kier alpha value is -1.53. The number of carbonyl (C=O) groups is 2. The van der Waals surface area contributed by atoms with Crippen LogP contribution in [0.4, 0.5) is 0 Å². The number of benzene rings is 1. The quantitative estimate of drug-likeness (QED) is 0.680. The van der Waals surface area contributed by atoms with Gasteiger partial charge in [0.05, 0.1) is 12.5 Å². The van der Waals surface area contributed by atoms with Gasteiger partial charge in [0.25, 0.3) is 0 Å². The van der Waals surface area contributed by atoms with Crippen molar-refractivity contribution in [1.29, 1.82) is 0 Å². The van der Waals surface area contributed by atoms with Gasteiger partial charge in [0.2, 0.25) is 5.91 Å². The molecular weight excluding hydrogens is 348 g/mol. The van der Waals surface area contributed by atoms with Crippen LogP contribution in [0, 0.1) is 12.3 Å². The molecule has 144 valence electrons. The van der Waals surface area contributed by atoms with E-state index in [4.69, 9.17) is 4.74 Å². The fraction of sp³-hybridized carbons (Fsp3) is 0.600. The summed E-state index contributed by atoms with van der Waals surface area (Å²) in [6.45, 7) is 3.71. The first kappa shape index (κ1) is 20.8. The Kier molecular flexibility index (Phi) is 7.97. The highest BCUT2D eigenvalue weighted by atomic mass is 32.2. The number of thioether (sulfide) groups is 1. The number of esters is 1. The maximum atomic E-state index is 13.3. The molecule has 26 heavy (non-hydrogen) atoms. The largest absolute Gasteiger partial charge is 0.467 e. The molecule has 1 aromatic carbocycles. The van der Waals surface area contributed by atoms with Crippen LogP contribution < -0.4 is 10.6 Å². The van der Waals surface area contributed by atoms with Crippen molar-refractivity contribution < 1.29 is 14.3 Å². The number of aryl methyl sites for hydroxylation is 1. The zero-order chi connectivity index (χ0) is 19.0. The number of hydrogen-bond acceptors (Lipinski definition) is 5. The van der Waals surface area contributed by atoms with Gasteiger partial charge in [-0.05, 0) is 68.8 Å². The average molecular weight is 379 g/mol. The number of hydrogen-bond donors (Lipinski definition) is 2. The lowest BCUT2D eigenvalue weighted by atomic mass is 9.72. The number of carbonyl (C=O) groups excluding carboxylic acids is 2. The maximum Gasteiger partial charge on any atom is 0.328 e. The summed E-state index contributed by atoms with van der Waals surface area (Å²) in [4.78, 5) is 25.4. The molecule has 2 N–H and O–H groups in total. The predicted octanol–water partition coefficient (Wildman–Crippen LogP) is 2.32. The second-order valence-corrected chi connectivity index (χ2v) is 7.95. The average Bonchev–Trinajstić information content (AvgIpc) is 2.66. The topological polar surface area (TPSA) is 67.4 Å². The molecule has 1 aliphatic heterocycles. The molecule has 1 aliphatic rings. The smallest absolute Gasteiger partial charge is 0.328 e. The van der Waals surface area contributed by atoms with Crippen molar-refractivity contribution in [2.45, 2.75) is 38.6 Å². The predicted molar refractivity (Wildman–Crippen MR) is 106 cm³/mol. The second-order valence-electron chi connectivity index (χ2n) is 6.96. The number of rotatable bonds is 8. The van der Waals surface area contributed by atoms with Crippen molar-refractivity contribution in [3.8, 4) is 0 Å². The van der Waals surface area contributed by atoms with Gasteiger partial charge in [-0.2, -0.15) is 11.8 Å². The van der Waals surface area contributed by atoms with E-state index in [-0.39, 0.29) is 11.9 Å². The molecule has 0 spiro atoms. The van der Waals surface area contributed by atoms with Crippen LogP contribution in [0.1, 0.15) is 30.4 Å². The lowest BCUT2D eigenvalue weighted by Gasteiger charge is -2.37. The highest BCUT2D eigenvalue weighted by Crippen LogP contribution is 2.34. The zero-order valence-corrected chi connectivity index (χ0v) is 16.8. The van der Waals surface area contributed by atoms with Gasteiger partial charge < -0.3 is 15.4 Å². The Morgan fingerprint density at radius 1 is 1.31 bits per heavy atom. The van der Waals surface area contributed by atoms with E-state index in [1.54, 1.807) is 11.8 Å². The zero-order valence-electron chi connectivity index (χ0n) is 16.0. The van der Waals surface area contributed by atoms with Gasteiger partial charge in [-0.15, -0.1) is 0 Å². The van der Waals surface area contributed by atoms with Crippen molar-refractivity contribution in [3.05, 3.63) is 35.4 Å². The van der Waals surface area contributed by atoms with Crippen LogP contribution in [0.2, 0.25) is 0 Å². The van der Waals surface area contributed by atoms with E-state index in [1.165, 1.54) is 18.2 Å². The summed E-state index contributed by atoms with van der Waals surface area (Å²) in [5.41, 5.74) is 1.91. The monoisotopic (exact) mass is 378 g/mol. The maximum absolute atomic E-state index is 13.3. The molecule has 1 heterocycles. The molecule has 1 fully saturated rings. The number of methoxy groups -OCH3 is 1. The van der Waals surface area contributed by atoms with Gasteiger partial charge in [-0.3, -0.25) is 4.79 Å². The first-order chi connectivity index (χ1) is 12.5. The SMILES string of the molecule is COC(=O)[C@H](CCSC)NC(=O)C1(Cc2ccccc2C)CCNCC1. The van der Waals surface area contributed by atoms with Crippen molar-refractivity contribution in [3.63, 3.8) is 0 Å². The normalized spacial score (nSPS) is 17.3. The molecule has 1 amide bonds. The minimum atomic E-state index is -0.580. The van der Waals surface area contributed by atoms with Gasteiger partial charge in [0.1, 0.15) is 6.04 Å². The summed E-state index contributed by atoms with van der Waals surface area (Å²) < 4.78 is 4.89. The highest BCUT2D eigenvalue weighted by Gasteiger charge is 2.41. The molecule has 0 aromatic heterocycles. The second kappa shape index (κ2) is 9.97. The summed E-state index contributed by atoms with van der Waals surface area (Å²) >= 11 is 1.66. The van der Waals surface area contributed by atoms with Crippen LogP contribution in [-0.4, -0.2) is 50.1 Å². The molecule has 6 heteroatoms. The summed E-state index contributed by atoms with van der Waals surface area (Å²) in [7, 11) is 1.37. The third kappa shape index (κ3) is 5.24. The van der Waals surface area contributed by atoms with E-state index in [2.05, 4.69) is 29.7 Å². The third-order valence-corrected chi connectivity index (χ3v) is 5.88. The van der Waals surface area contributed by atoms with E-state index in [1.807, 2.05) is 18.4 Å². The Balaban J connectivity index is 2.20. The van der Waals surface area contributed by atoms with Gasteiger partial charge >= 0.3 is 5.97 Å².